The number of amides is 2. The first-order valence-electron chi connectivity index (χ1n) is 11.1. The highest BCUT2D eigenvalue weighted by Crippen LogP contribution is 2.52. The van der Waals surface area contributed by atoms with Crippen LogP contribution in [-0.2, 0) is 16.2 Å². The molecule has 2 aliphatic carbocycles. The van der Waals surface area contributed by atoms with Crippen molar-refractivity contribution in [1.82, 2.24) is 5.01 Å². The molecule has 0 N–H and O–H groups in total. The van der Waals surface area contributed by atoms with Gasteiger partial charge in [-0.05, 0) is 52.8 Å². The van der Waals surface area contributed by atoms with E-state index in [1.165, 1.54) is 0 Å². The van der Waals surface area contributed by atoms with Crippen LogP contribution in [0.1, 0.15) is 17.5 Å². The maximum Gasteiger partial charge on any atom is 0.254 e. The predicted molar refractivity (Wildman–Crippen MR) is 127 cm³/mol. The summed E-state index contributed by atoms with van der Waals surface area (Å²) in [6.45, 7) is 0.358. The first-order valence-corrected chi connectivity index (χ1v) is 11.5. The van der Waals surface area contributed by atoms with Gasteiger partial charge in [0.1, 0.15) is 12.4 Å². The van der Waals surface area contributed by atoms with Gasteiger partial charge >= 0.3 is 0 Å². The van der Waals surface area contributed by atoms with Crippen LogP contribution in [0, 0.1) is 23.7 Å². The Labute approximate surface area is 196 Å². The molecular weight excluding hydrogens is 436 g/mol. The smallest absolute Gasteiger partial charge is 0.254 e. The van der Waals surface area contributed by atoms with Crippen molar-refractivity contribution in [2.45, 2.75) is 13.0 Å². The molecule has 1 heterocycles. The molecule has 164 valence electrons. The van der Waals surface area contributed by atoms with Crippen molar-refractivity contribution in [3.8, 4) is 5.75 Å². The van der Waals surface area contributed by atoms with Crippen LogP contribution in [0.2, 0.25) is 5.02 Å². The van der Waals surface area contributed by atoms with E-state index in [1.54, 1.807) is 6.21 Å². The third kappa shape index (κ3) is 3.35. The Hall–Kier alpha value is -3.44. The van der Waals surface area contributed by atoms with E-state index in [2.05, 4.69) is 17.3 Å². The predicted octanol–water partition coefficient (Wildman–Crippen LogP) is 5.21. The van der Waals surface area contributed by atoms with Crippen molar-refractivity contribution in [1.29, 1.82) is 0 Å². The third-order valence-electron chi connectivity index (χ3n) is 6.99. The lowest BCUT2D eigenvalue weighted by molar-refractivity contribution is -0.140. The highest BCUT2D eigenvalue weighted by molar-refractivity contribution is 6.30. The molecule has 2 fully saturated rings. The Morgan fingerprint density at radius 3 is 2.36 bits per heavy atom. The van der Waals surface area contributed by atoms with Gasteiger partial charge in [-0.1, -0.05) is 66.2 Å². The van der Waals surface area contributed by atoms with E-state index in [0.29, 0.717) is 17.4 Å². The number of ether oxygens (including phenoxy) is 1. The Bertz CT molecular complexity index is 1300. The molecule has 0 radical (unpaired) electrons. The van der Waals surface area contributed by atoms with E-state index in [0.717, 1.165) is 33.3 Å². The van der Waals surface area contributed by atoms with Gasteiger partial charge in [0, 0.05) is 10.6 Å². The first kappa shape index (κ1) is 20.2. The summed E-state index contributed by atoms with van der Waals surface area (Å²) in [5.74, 6) is 0.0351. The molecule has 0 aromatic heterocycles. The zero-order valence-corrected chi connectivity index (χ0v) is 18.5. The molecule has 3 aromatic rings. The zero-order chi connectivity index (χ0) is 22.5. The van der Waals surface area contributed by atoms with Crippen molar-refractivity contribution < 1.29 is 14.3 Å². The number of hydrazone groups is 1. The molecule has 33 heavy (non-hydrogen) atoms. The van der Waals surface area contributed by atoms with Crippen molar-refractivity contribution in [3.63, 3.8) is 0 Å². The van der Waals surface area contributed by atoms with Crippen LogP contribution in [0.4, 0.5) is 0 Å². The summed E-state index contributed by atoms with van der Waals surface area (Å²) in [5.41, 5.74) is 1.72. The van der Waals surface area contributed by atoms with Gasteiger partial charge < -0.3 is 4.74 Å². The Kier molecular flexibility index (Phi) is 4.80. The maximum absolute atomic E-state index is 13.0. The summed E-state index contributed by atoms with van der Waals surface area (Å²) in [4.78, 5) is 26.0. The Balaban J connectivity index is 1.32. The molecule has 0 spiro atoms. The van der Waals surface area contributed by atoms with E-state index >= 15 is 0 Å². The lowest BCUT2D eigenvalue weighted by atomic mass is 9.85. The molecule has 2 bridgehead atoms. The minimum Gasteiger partial charge on any atom is -0.488 e. The summed E-state index contributed by atoms with van der Waals surface area (Å²) in [6, 6.07) is 19.3. The summed E-state index contributed by atoms with van der Waals surface area (Å²) in [7, 11) is 0. The fourth-order valence-electron chi connectivity index (χ4n) is 5.39. The molecule has 6 rings (SSSR count). The molecule has 6 heteroatoms. The average molecular weight is 457 g/mol. The molecule has 1 aliphatic heterocycles. The third-order valence-corrected chi connectivity index (χ3v) is 7.24. The highest BCUT2D eigenvalue weighted by atomic mass is 35.5. The summed E-state index contributed by atoms with van der Waals surface area (Å²) in [5, 5.41) is 8.11. The van der Waals surface area contributed by atoms with E-state index in [-0.39, 0.29) is 35.5 Å². The molecule has 4 unspecified atom stereocenters. The van der Waals surface area contributed by atoms with Gasteiger partial charge in [0.15, 0.2) is 0 Å². The standard InChI is InChI=1S/C27H21ClN2O3/c28-20-10-5-16(6-11-20)15-33-23-12-9-17-3-1-2-4-21(17)22(23)14-29-30-26(31)24-18-7-8-19(13-18)25(24)27(30)32/h1-12,14,18-19,24-25H,13,15H2. The van der Waals surface area contributed by atoms with Gasteiger partial charge in [0.25, 0.3) is 11.8 Å². The SMILES string of the molecule is O=C1C2C3C=CC(C3)C2C(=O)N1N=Cc1c(OCc2ccc(Cl)cc2)ccc2ccccc12. The van der Waals surface area contributed by atoms with E-state index < -0.39 is 0 Å². The molecule has 3 aromatic carbocycles. The van der Waals surface area contributed by atoms with Crippen LogP contribution in [0.15, 0.2) is 77.9 Å². The van der Waals surface area contributed by atoms with E-state index in [4.69, 9.17) is 16.3 Å². The number of nitrogens with zero attached hydrogens (tertiary/aromatic N) is 2. The second kappa shape index (κ2) is 7.85. The fourth-order valence-corrected chi connectivity index (χ4v) is 5.52. The summed E-state index contributed by atoms with van der Waals surface area (Å²) in [6.07, 6.45) is 6.65. The van der Waals surface area contributed by atoms with Gasteiger partial charge in [-0.25, -0.2) is 0 Å². The normalized spacial score (nSPS) is 25.5. The van der Waals surface area contributed by atoms with Crippen LogP contribution >= 0.6 is 11.6 Å². The second-order valence-corrected chi connectivity index (χ2v) is 9.28. The minimum atomic E-state index is -0.266. The van der Waals surface area contributed by atoms with Gasteiger partial charge in [0.05, 0.1) is 18.1 Å². The number of carbonyl (C=O) groups excluding carboxylic acids is 2. The number of halogens is 1. The van der Waals surface area contributed by atoms with Gasteiger partial charge in [-0.3, -0.25) is 9.59 Å². The van der Waals surface area contributed by atoms with Gasteiger partial charge in [-0.15, -0.1) is 0 Å². The van der Waals surface area contributed by atoms with Gasteiger partial charge in [0.2, 0.25) is 0 Å². The monoisotopic (exact) mass is 456 g/mol. The number of imide groups is 1. The molecular formula is C27H21ClN2O3. The lowest BCUT2D eigenvalue weighted by Gasteiger charge is -2.14. The van der Waals surface area contributed by atoms with Crippen LogP contribution in [-0.4, -0.2) is 23.0 Å². The molecule has 1 saturated carbocycles. The largest absolute Gasteiger partial charge is 0.488 e. The first-order chi connectivity index (χ1) is 16.1. The Morgan fingerprint density at radius 1 is 0.939 bits per heavy atom. The number of benzene rings is 3. The van der Waals surface area contributed by atoms with Gasteiger partial charge in [-0.2, -0.15) is 10.1 Å². The van der Waals surface area contributed by atoms with Crippen molar-refractivity contribution in [2.75, 3.05) is 0 Å². The van der Waals surface area contributed by atoms with Crippen LogP contribution in [0.5, 0.6) is 5.75 Å². The topological polar surface area (TPSA) is 59.0 Å². The number of allylic oxidation sites excluding steroid dienone is 2. The number of carbonyl (C=O) groups is 2. The second-order valence-electron chi connectivity index (χ2n) is 8.85. The summed E-state index contributed by atoms with van der Waals surface area (Å²) < 4.78 is 6.13. The molecule has 1 saturated heterocycles. The average Bonchev–Trinajstić information content (AvgIpc) is 3.52. The fraction of sp³-hybridized carbons (Fsp3) is 0.222. The van der Waals surface area contributed by atoms with Crippen molar-refractivity contribution >= 4 is 40.4 Å². The molecule has 5 nitrogen and oxygen atoms in total. The maximum atomic E-state index is 13.0. The zero-order valence-electron chi connectivity index (χ0n) is 17.7. The van der Waals surface area contributed by atoms with Crippen molar-refractivity contribution in [2.24, 2.45) is 28.8 Å². The van der Waals surface area contributed by atoms with E-state index in [1.807, 2.05) is 60.7 Å². The molecule has 2 amide bonds. The van der Waals surface area contributed by atoms with E-state index in [9.17, 15) is 9.59 Å². The molecule has 3 aliphatic rings. The lowest BCUT2D eigenvalue weighted by Crippen LogP contribution is -2.28. The van der Waals surface area contributed by atoms with Crippen molar-refractivity contribution in [3.05, 3.63) is 89.0 Å². The quantitative estimate of drug-likeness (QED) is 0.300. The highest BCUT2D eigenvalue weighted by Gasteiger charge is 2.59. The molecule has 4 atom stereocenters. The number of hydrogen-bond donors (Lipinski definition) is 0. The van der Waals surface area contributed by atoms with Crippen LogP contribution < -0.4 is 4.74 Å². The Morgan fingerprint density at radius 2 is 1.64 bits per heavy atom. The summed E-state index contributed by atoms with van der Waals surface area (Å²) >= 11 is 5.98. The van der Waals surface area contributed by atoms with Crippen LogP contribution in [0.3, 0.4) is 0 Å². The minimum absolute atomic E-state index is 0.160. The number of fused-ring (bicyclic) bond motifs is 6. The number of hydrogen-bond acceptors (Lipinski definition) is 4. The number of rotatable bonds is 5. The van der Waals surface area contributed by atoms with Crippen LogP contribution in [0.25, 0.3) is 10.8 Å².